The lowest BCUT2D eigenvalue weighted by molar-refractivity contribution is 0.0777. The van der Waals surface area contributed by atoms with Crippen molar-refractivity contribution < 1.29 is 18.7 Å². The molecule has 2 aromatic rings. The lowest BCUT2D eigenvalue weighted by atomic mass is 9.94. The molecule has 0 bridgehead atoms. The molecule has 1 saturated heterocycles. The lowest BCUT2D eigenvalue weighted by Crippen LogP contribution is -2.54. The number of aryl methyl sites for hydroxylation is 1. The molecule has 0 saturated carbocycles. The van der Waals surface area contributed by atoms with Crippen molar-refractivity contribution in [1.82, 2.24) is 9.80 Å². The number of rotatable bonds is 6. The van der Waals surface area contributed by atoms with E-state index in [1.54, 1.807) is 24.7 Å². The number of para-hydroxylation sites is 1. The summed E-state index contributed by atoms with van der Waals surface area (Å²) in [6.45, 7) is 4.17. The molecule has 0 spiro atoms. The highest BCUT2D eigenvalue weighted by Gasteiger charge is 2.34. The van der Waals surface area contributed by atoms with Crippen molar-refractivity contribution in [2.24, 2.45) is 0 Å². The minimum absolute atomic E-state index is 0.0481. The van der Waals surface area contributed by atoms with Crippen LogP contribution in [0.5, 0.6) is 0 Å². The van der Waals surface area contributed by atoms with E-state index in [1.165, 1.54) is 23.3 Å². The first kappa shape index (κ1) is 25.4. The van der Waals surface area contributed by atoms with Crippen LogP contribution >= 0.6 is 0 Å². The van der Waals surface area contributed by atoms with Gasteiger partial charge in [0.15, 0.2) is 6.26 Å². The minimum Gasteiger partial charge on any atom is -0.460 e. The van der Waals surface area contributed by atoms with Crippen LogP contribution in [0.4, 0.5) is 10.1 Å². The highest BCUT2D eigenvalue weighted by Crippen LogP contribution is 2.33. The van der Waals surface area contributed by atoms with Crippen molar-refractivity contribution in [2.45, 2.75) is 38.1 Å². The van der Waals surface area contributed by atoms with Crippen molar-refractivity contribution in [3.8, 4) is 0 Å². The number of anilines is 1. The Bertz CT molecular complexity index is 1320. The quantitative estimate of drug-likeness (QED) is 0.478. The van der Waals surface area contributed by atoms with Crippen LogP contribution in [0.3, 0.4) is 0 Å². The van der Waals surface area contributed by atoms with Crippen molar-refractivity contribution in [1.29, 1.82) is 0 Å². The van der Waals surface area contributed by atoms with Crippen LogP contribution in [0, 0.1) is 5.82 Å². The molecular weight excluding hydrogens is 493 g/mol. The Labute approximate surface area is 229 Å². The maximum absolute atomic E-state index is 13.7. The van der Waals surface area contributed by atoms with Gasteiger partial charge in [0, 0.05) is 50.4 Å². The molecule has 39 heavy (non-hydrogen) atoms. The Kier molecular flexibility index (Phi) is 7.50. The van der Waals surface area contributed by atoms with Gasteiger partial charge in [-0.2, -0.15) is 0 Å². The standard InChI is InChI=1S/C32H34FN3O3/c33-27-13-10-26(11-14-27)32(37)36-28(15-12-25-8-4-5-9-30(25)36)21-34-16-18-35(19-17-34)31-23-38-29(22-39-31)20-24-6-2-1-3-7-24/h1-2,4-6,8-11,13-14,22-23,28H,3,7,12,15-21H2. The summed E-state index contributed by atoms with van der Waals surface area (Å²) in [7, 11) is 0. The number of ether oxygens (including phenoxy) is 2. The monoisotopic (exact) mass is 527 g/mol. The fourth-order valence-corrected chi connectivity index (χ4v) is 5.80. The molecule has 6 rings (SSSR count). The molecule has 202 valence electrons. The Morgan fingerprint density at radius 1 is 0.949 bits per heavy atom. The number of piperazine rings is 1. The van der Waals surface area contributed by atoms with Gasteiger partial charge in [-0.3, -0.25) is 9.69 Å². The Balaban J connectivity index is 1.07. The van der Waals surface area contributed by atoms with Crippen molar-refractivity contribution in [3.05, 3.63) is 113 Å². The van der Waals surface area contributed by atoms with E-state index in [0.29, 0.717) is 5.56 Å². The fraction of sp³-hybridized carbons (Fsp3) is 0.344. The van der Waals surface area contributed by atoms with Crippen LogP contribution in [-0.2, 0) is 15.9 Å². The molecule has 0 radical (unpaired) electrons. The highest BCUT2D eigenvalue weighted by molar-refractivity contribution is 6.07. The number of hydrogen-bond acceptors (Lipinski definition) is 5. The van der Waals surface area contributed by atoms with E-state index >= 15 is 0 Å². The summed E-state index contributed by atoms with van der Waals surface area (Å²) in [5.74, 6) is 1.16. The number of benzene rings is 2. The molecule has 4 aliphatic rings. The van der Waals surface area contributed by atoms with E-state index in [0.717, 1.165) is 82.2 Å². The third-order valence-corrected chi connectivity index (χ3v) is 7.95. The van der Waals surface area contributed by atoms with Gasteiger partial charge in [0.1, 0.15) is 17.8 Å². The molecule has 0 N–H and O–H groups in total. The van der Waals surface area contributed by atoms with Gasteiger partial charge < -0.3 is 19.3 Å². The molecule has 3 heterocycles. The number of halogens is 1. The number of carbonyl (C=O) groups excluding carboxylic acids is 1. The number of amides is 1. The van der Waals surface area contributed by atoms with Gasteiger partial charge in [-0.15, -0.1) is 0 Å². The lowest BCUT2D eigenvalue weighted by Gasteiger charge is -2.42. The molecule has 1 unspecified atom stereocenters. The number of fused-ring (bicyclic) bond motifs is 1. The average Bonchev–Trinajstić information content (AvgIpc) is 2.98. The minimum atomic E-state index is -0.340. The largest absolute Gasteiger partial charge is 0.460 e. The maximum Gasteiger partial charge on any atom is 0.258 e. The second kappa shape index (κ2) is 11.5. The summed E-state index contributed by atoms with van der Waals surface area (Å²) in [6, 6.07) is 14.0. The van der Waals surface area contributed by atoms with E-state index in [9.17, 15) is 9.18 Å². The number of hydrogen-bond donors (Lipinski definition) is 0. The van der Waals surface area contributed by atoms with Gasteiger partial charge in [-0.1, -0.05) is 42.0 Å². The van der Waals surface area contributed by atoms with Crippen molar-refractivity contribution >= 4 is 11.6 Å². The van der Waals surface area contributed by atoms with Gasteiger partial charge in [-0.05, 0) is 61.6 Å². The Hall–Kier alpha value is -3.84. The van der Waals surface area contributed by atoms with E-state index in [4.69, 9.17) is 9.47 Å². The van der Waals surface area contributed by atoms with Crippen molar-refractivity contribution in [3.63, 3.8) is 0 Å². The normalized spacial score (nSPS) is 21.3. The third kappa shape index (κ3) is 5.78. The number of nitrogens with zero attached hydrogens (tertiary/aromatic N) is 3. The van der Waals surface area contributed by atoms with Gasteiger partial charge in [-0.25, -0.2) is 4.39 Å². The van der Waals surface area contributed by atoms with Crippen LogP contribution in [-0.4, -0.2) is 54.5 Å². The molecule has 7 heteroatoms. The smallest absolute Gasteiger partial charge is 0.258 e. The van der Waals surface area contributed by atoms with E-state index in [-0.39, 0.29) is 17.8 Å². The van der Waals surface area contributed by atoms with Crippen LogP contribution in [0.25, 0.3) is 0 Å². The maximum atomic E-state index is 13.7. The van der Waals surface area contributed by atoms with Crippen LogP contribution < -0.4 is 4.90 Å². The van der Waals surface area contributed by atoms with Crippen LogP contribution in [0.2, 0.25) is 0 Å². The van der Waals surface area contributed by atoms with Gasteiger partial charge >= 0.3 is 0 Å². The number of carbonyl (C=O) groups is 1. The molecule has 3 aliphatic heterocycles. The molecule has 1 aliphatic carbocycles. The highest BCUT2D eigenvalue weighted by atomic mass is 19.1. The first-order valence-corrected chi connectivity index (χ1v) is 13.9. The van der Waals surface area contributed by atoms with E-state index in [1.807, 2.05) is 23.1 Å². The molecule has 2 aromatic carbocycles. The molecular formula is C32H34FN3O3. The summed E-state index contributed by atoms with van der Waals surface area (Å²) in [5.41, 5.74) is 4.00. The zero-order valence-electron chi connectivity index (χ0n) is 22.1. The summed E-state index contributed by atoms with van der Waals surface area (Å²) < 4.78 is 25.4. The molecule has 6 nitrogen and oxygen atoms in total. The van der Waals surface area contributed by atoms with Gasteiger partial charge in [0.25, 0.3) is 5.91 Å². The predicted octanol–water partition coefficient (Wildman–Crippen LogP) is 5.76. The third-order valence-electron chi connectivity index (χ3n) is 7.95. The Morgan fingerprint density at radius 2 is 1.77 bits per heavy atom. The molecule has 0 aromatic heterocycles. The summed E-state index contributed by atoms with van der Waals surface area (Å²) in [4.78, 5) is 20.2. The molecule has 1 amide bonds. The van der Waals surface area contributed by atoms with Gasteiger partial charge in [0.2, 0.25) is 5.88 Å². The van der Waals surface area contributed by atoms with E-state index in [2.05, 4.69) is 34.1 Å². The van der Waals surface area contributed by atoms with E-state index < -0.39 is 0 Å². The zero-order chi connectivity index (χ0) is 26.6. The Morgan fingerprint density at radius 3 is 2.51 bits per heavy atom. The van der Waals surface area contributed by atoms with Crippen molar-refractivity contribution in [2.75, 3.05) is 37.6 Å². The number of allylic oxidation sites excluding steroid dienone is 4. The van der Waals surface area contributed by atoms with Crippen LogP contribution in [0.15, 0.2) is 96.5 Å². The predicted molar refractivity (Wildman–Crippen MR) is 149 cm³/mol. The fourth-order valence-electron chi connectivity index (χ4n) is 5.80. The summed E-state index contributed by atoms with van der Waals surface area (Å²) in [6.07, 6.45) is 14.7. The first-order valence-electron chi connectivity index (χ1n) is 13.9. The second-order valence-electron chi connectivity index (χ2n) is 10.5. The first-order chi connectivity index (χ1) is 19.1. The zero-order valence-corrected chi connectivity index (χ0v) is 22.1. The summed E-state index contributed by atoms with van der Waals surface area (Å²) >= 11 is 0. The molecule has 1 atom stereocenters. The SMILES string of the molecule is O=C(c1ccc(F)cc1)N1c2ccccc2CCC1CN1CCN(C2=COC(CC3=CC=CCC3)=CO2)CC1. The topological polar surface area (TPSA) is 45.3 Å². The van der Waals surface area contributed by atoms with Gasteiger partial charge in [0.05, 0.1) is 6.04 Å². The van der Waals surface area contributed by atoms with Crippen LogP contribution in [0.1, 0.15) is 41.6 Å². The second-order valence-corrected chi connectivity index (χ2v) is 10.5. The molecule has 1 fully saturated rings. The average molecular weight is 528 g/mol. The summed E-state index contributed by atoms with van der Waals surface area (Å²) in [5, 5.41) is 0.